The zero-order valence-electron chi connectivity index (χ0n) is 11.9. The lowest BCUT2D eigenvalue weighted by Crippen LogP contribution is -2.42. The zero-order valence-corrected chi connectivity index (χ0v) is 11.9. The summed E-state index contributed by atoms with van der Waals surface area (Å²) in [4.78, 5) is 22.2. The number of benzene rings is 1. The predicted molar refractivity (Wildman–Crippen MR) is 75.4 cm³/mol. The molecule has 21 heavy (non-hydrogen) atoms. The summed E-state index contributed by atoms with van der Waals surface area (Å²) in [5.41, 5.74) is 1.47. The van der Waals surface area contributed by atoms with Crippen molar-refractivity contribution in [3.8, 4) is 0 Å². The fourth-order valence-corrected chi connectivity index (χ4v) is 2.67. The van der Waals surface area contributed by atoms with E-state index in [0.717, 1.165) is 12.0 Å². The maximum atomic E-state index is 13.8. The van der Waals surface area contributed by atoms with Crippen LogP contribution in [0.15, 0.2) is 18.2 Å². The lowest BCUT2D eigenvalue weighted by Gasteiger charge is -2.32. The Morgan fingerprint density at radius 2 is 2.19 bits per heavy atom. The summed E-state index contributed by atoms with van der Waals surface area (Å²) in [6, 6.07) is 4.22. The highest BCUT2D eigenvalue weighted by Crippen LogP contribution is 2.35. The molecule has 0 radical (unpaired) electrons. The molecule has 2 amide bonds. The zero-order chi connectivity index (χ0) is 15.4. The second-order valence-corrected chi connectivity index (χ2v) is 5.35. The van der Waals surface area contributed by atoms with Crippen LogP contribution in [0.4, 0.5) is 9.18 Å². The van der Waals surface area contributed by atoms with Gasteiger partial charge in [0.1, 0.15) is 5.82 Å². The van der Waals surface area contributed by atoms with Gasteiger partial charge in [-0.3, -0.25) is 4.79 Å². The molecule has 2 rings (SSSR count). The number of carboxylic acids is 1. The lowest BCUT2D eigenvalue weighted by atomic mass is 9.80. The van der Waals surface area contributed by atoms with Gasteiger partial charge in [0.05, 0.1) is 12.5 Å². The largest absolute Gasteiger partial charge is 0.481 e. The van der Waals surface area contributed by atoms with E-state index < -0.39 is 12.0 Å². The van der Waals surface area contributed by atoms with Gasteiger partial charge in [0.25, 0.3) is 0 Å². The molecule has 114 valence electrons. The van der Waals surface area contributed by atoms with Gasteiger partial charge in [0, 0.05) is 6.54 Å². The minimum Gasteiger partial charge on any atom is -0.481 e. The molecule has 1 aromatic carbocycles. The summed E-state index contributed by atoms with van der Waals surface area (Å²) >= 11 is 0. The number of carbonyl (C=O) groups excluding carboxylic acids is 1. The first-order valence-electron chi connectivity index (χ1n) is 7.02. The molecule has 1 aliphatic carbocycles. The third kappa shape index (κ3) is 3.71. The number of amides is 2. The Morgan fingerprint density at radius 3 is 2.90 bits per heavy atom. The third-order valence-corrected chi connectivity index (χ3v) is 3.82. The molecular weight excluding hydrogens is 275 g/mol. The highest BCUT2D eigenvalue weighted by Gasteiger charge is 2.29. The van der Waals surface area contributed by atoms with E-state index in [2.05, 4.69) is 10.6 Å². The van der Waals surface area contributed by atoms with Crippen LogP contribution in [0.5, 0.6) is 0 Å². The van der Waals surface area contributed by atoms with Crippen molar-refractivity contribution in [2.24, 2.45) is 5.92 Å². The number of rotatable bonds is 4. The molecule has 6 heteroatoms. The molecule has 0 bridgehead atoms. The quantitative estimate of drug-likeness (QED) is 0.796. The molecule has 1 aromatic rings. The van der Waals surface area contributed by atoms with Crippen molar-refractivity contribution >= 4 is 12.0 Å². The first kappa shape index (κ1) is 15.3. The van der Waals surface area contributed by atoms with Crippen LogP contribution in [-0.4, -0.2) is 23.7 Å². The SMILES string of the molecule is CC1CCc2c(F)cccc2C1NC(=O)NCCC(=O)O. The van der Waals surface area contributed by atoms with E-state index in [4.69, 9.17) is 5.11 Å². The summed E-state index contributed by atoms with van der Waals surface area (Å²) in [5.74, 6) is -1.00. The van der Waals surface area contributed by atoms with E-state index in [-0.39, 0.29) is 30.7 Å². The van der Waals surface area contributed by atoms with Gasteiger partial charge in [-0.15, -0.1) is 0 Å². The summed E-state index contributed by atoms with van der Waals surface area (Å²) in [7, 11) is 0. The standard InChI is InChI=1S/C15H19FN2O3/c1-9-5-6-10-11(3-2-4-12(10)16)14(9)18-15(21)17-8-7-13(19)20/h2-4,9,14H,5-8H2,1H3,(H,19,20)(H2,17,18,21). The highest BCUT2D eigenvalue weighted by atomic mass is 19.1. The van der Waals surface area contributed by atoms with Crippen LogP contribution in [-0.2, 0) is 11.2 Å². The smallest absolute Gasteiger partial charge is 0.315 e. The molecule has 2 atom stereocenters. The number of urea groups is 1. The number of carboxylic acid groups (broad SMARTS) is 1. The van der Waals surface area contributed by atoms with Gasteiger partial charge in [-0.05, 0) is 36.0 Å². The number of aliphatic carboxylic acids is 1. The van der Waals surface area contributed by atoms with Crippen LogP contribution in [0.3, 0.4) is 0 Å². The van der Waals surface area contributed by atoms with Crippen molar-refractivity contribution in [2.75, 3.05) is 6.54 Å². The van der Waals surface area contributed by atoms with Crippen LogP contribution in [0.1, 0.15) is 36.9 Å². The molecule has 5 nitrogen and oxygen atoms in total. The first-order valence-corrected chi connectivity index (χ1v) is 7.02. The Bertz CT molecular complexity index is 548. The minimum atomic E-state index is -0.964. The Morgan fingerprint density at radius 1 is 1.43 bits per heavy atom. The van der Waals surface area contributed by atoms with Gasteiger partial charge in [-0.1, -0.05) is 19.1 Å². The van der Waals surface area contributed by atoms with E-state index in [1.54, 1.807) is 6.07 Å². The molecule has 0 heterocycles. The molecule has 0 aromatic heterocycles. The Labute approximate surface area is 122 Å². The fraction of sp³-hybridized carbons (Fsp3) is 0.467. The van der Waals surface area contributed by atoms with Gasteiger partial charge in [-0.25, -0.2) is 9.18 Å². The van der Waals surface area contributed by atoms with Crippen molar-refractivity contribution in [1.82, 2.24) is 10.6 Å². The number of nitrogens with one attached hydrogen (secondary N) is 2. The second kappa shape index (κ2) is 6.56. The maximum Gasteiger partial charge on any atom is 0.315 e. The Balaban J connectivity index is 2.04. The fourth-order valence-electron chi connectivity index (χ4n) is 2.67. The number of hydrogen-bond acceptors (Lipinski definition) is 2. The van der Waals surface area contributed by atoms with Gasteiger partial charge in [-0.2, -0.15) is 0 Å². The van der Waals surface area contributed by atoms with Crippen molar-refractivity contribution < 1.29 is 19.1 Å². The van der Waals surface area contributed by atoms with E-state index >= 15 is 0 Å². The number of halogens is 1. The molecule has 0 spiro atoms. The van der Waals surface area contributed by atoms with E-state index in [0.29, 0.717) is 12.0 Å². The molecule has 3 N–H and O–H groups in total. The van der Waals surface area contributed by atoms with Crippen molar-refractivity contribution in [3.05, 3.63) is 35.1 Å². The van der Waals surface area contributed by atoms with Crippen LogP contribution >= 0.6 is 0 Å². The molecule has 1 aliphatic rings. The molecule has 0 saturated carbocycles. The summed E-state index contributed by atoms with van der Waals surface area (Å²) in [5, 5.41) is 13.9. The monoisotopic (exact) mass is 294 g/mol. The Kier molecular flexibility index (Phi) is 4.77. The van der Waals surface area contributed by atoms with Gasteiger partial charge >= 0.3 is 12.0 Å². The van der Waals surface area contributed by atoms with Gasteiger partial charge in [0.2, 0.25) is 0 Å². The van der Waals surface area contributed by atoms with E-state index in [1.807, 2.05) is 13.0 Å². The Hall–Kier alpha value is -2.11. The highest BCUT2D eigenvalue weighted by molar-refractivity contribution is 5.75. The average Bonchev–Trinajstić information content (AvgIpc) is 2.42. The predicted octanol–water partition coefficient (Wildman–Crippen LogP) is 2.22. The molecule has 0 aliphatic heterocycles. The summed E-state index contributed by atoms with van der Waals surface area (Å²) in [6.07, 6.45) is 1.34. The number of fused-ring (bicyclic) bond motifs is 1. The van der Waals surface area contributed by atoms with Crippen LogP contribution in [0.25, 0.3) is 0 Å². The minimum absolute atomic E-state index is 0.0677. The van der Waals surface area contributed by atoms with Crippen molar-refractivity contribution in [1.29, 1.82) is 0 Å². The average molecular weight is 294 g/mol. The third-order valence-electron chi connectivity index (χ3n) is 3.82. The van der Waals surface area contributed by atoms with Gasteiger partial charge in [0.15, 0.2) is 0 Å². The van der Waals surface area contributed by atoms with Crippen molar-refractivity contribution in [2.45, 2.75) is 32.2 Å². The van der Waals surface area contributed by atoms with Crippen LogP contribution in [0, 0.1) is 11.7 Å². The maximum absolute atomic E-state index is 13.8. The molecule has 2 unspecified atom stereocenters. The summed E-state index contributed by atoms with van der Waals surface area (Å²) in [6.45, 7) is 2.08. The second-order valence-electron chi connectivity index (χ2n) is 5.35. The number of carbonyl (C=O) groups is 2. The molecular formula is C15H19FN2O3. The first-order chi connectivity index (χ1) is 9.99. The number of hydrogen-bond donors (Lipinski definition) is 3. The molecule has 0 saturated heterocycles. The summed E-state index contributed by atoms with van der Waals surface area (Å²) < 4.78 is 13.8. The van der Waals surface area contributed by atoms with E-state index in [1.165, 1.54) is 6.07 Å². The normalized spacial score (nSPS) is 20.5. The van der Waals surface area contributed by atoms with Gasteiger partial charge < -0.3 is 15.7 Å². The van der Waals surface area contributed by atoms with Crippen LogP contribution in [0.2, 0.25) is 0 Å². The van der Waals surface area contributed by atoms with Crippen molar-refractivity contribution in [3.63, 3.8) is 0 Å². The van der Waals surface area contributed by atoms with Crippen LogP contribution < -0.4 is 10.6 Å². The lowest BCUT2D eigenvalue weighted by molar-refractivity contribution is -0.136. The topological polar surface area (TPSA) is 78.4 Å². The van der Waals surface area contributed by atoms with E-state index in [9.17, 15) is 14.0 Å². The molecule has 0 fully saturated rings.